The van der Waals surface area contributed by atoms with Crippen LogP contribution in [-0.2, 0) is 11.0 Å². The smallest absolute Gasteiger partial charge is 0.347 e. The summed E-state index contributed by atoms with van der Waals surface area (Å²) in [7, 11) is 0. The van der Waals surface area contributed by atoms with Gasteiger partial charge in [-0.25, -0.2) is 4.39 Å². The van der Waals surface area contributed by atoms with Crippen LogP contribution in [0.25, 0.3) is 5.83 Å². The number of allylic oxidation sites excluding steroid dienone is 1. The number of amides is 1. The van der Waals surface area contributed by atoms with E-state index in [0.29, 0.717) is 12.1 Å². The normalized spacial score (nSPS) is 14.3. The fraction of sp³-hybridized carbons (Fsp3) is 0.308. The standard InChI is InChI=1S/C26H17Cl2F10NO2/c1-3-13-7-15(9-19(27)22(13)28)17(25(33,34)35)10-20(29)14-4-5-16(18(8-14)26(36,37)38)21(40)6-12(2)23(41)39-11-24(30,31)32/h1,4-5,7-10,12,17H,6,11H2,2H3,(H,39,41)/b20-10-/t12-,17?/m0/s1. The predicted molar refractivity (Wildman–Crippen MR) is 131 cm³/mol. The molecule has 41 heavy (non-hydrogen) atoms. The van der Waals surface area contributed by atoms with E-state index in [1.165, 1.54) is 5.32 Å². The molecule has 0 radical (unpaired) electrons. The zero-order valence-corrected chi connectivity index (χ0v) is 22.0. The molecule has 0 spiro atoms. The van der Waals surface area contributed by atoms with Gasteiger partial charge >= 0.3 is 18.5 Å². The summed E-state index contributed by atoms with van der Waals surface area (Å²) >= 11 is 11.6. The highest BCUT2D eigenvalue weighted by Gasteiger charge is 2.41. The largest absolute Gasteiger partial charge is 0.417 e. The van der Waals surface area contributed by atoms with Crippen molar-refractivity contribution in [2.75, 3.05) is 6.54 Å². The highest BCUT2D eigenvalue weighted by atomic mass is 35.5. The van der Waals surface area contributed by atoms with Gasteiger partial charge in [-0.1, -0.05) is 48.2 Å². The van der Waals surface area contributed by atoms with Crippen molar-refractivity contribution < 1.29 is 53.5 Å². The van der Waals surface area contributed by atoms with Crippen molar-refractivity contribution in [2.45, 2.75) is 37.8 Å². The highest BCUT2D eigenvalue weighted by Crippen LogP contribution is 2.42. The van der Waals surface area contributed by atoms with Crippen molar-refractivity contribution in [1.82, 2.24) is 5.32 Å². The van der Waals surface area contributed by atoms with Gasteiger partial charge in [-0.15, -0.1) is 6.42 Å². The van der Waals surface area contributed by atoms with Gasteiger partial charge in [0.25, 0.3) is 0 Å². The number of carbonyl (C=O) groups is 2. The number of rotatable bonds is 8. The summed E-state index contributed by atoms with van der Waals surface area (Å²) in [6.07, 6.45) is -11.0. The minimum atomic E-state index is -5.31. The first-order valence-corrected chi connectivity index (χ1v) is 11.9. The summed E-state index contributed by atoms with van der Waals surface area (Å²) in [5.74, 6) is -6.52. The summed E-state index contributed by atoms with van der Waals surface area (Å²) < 4.78 is 135. The van der Waals surface area contributed by atoms with Gasteiger partial charge in [0.2, 0.25) is 5.91 Å². The van der Waals surface area contributed by atoms with E-state index in [9.17, 15) is 49.1 Å². The van der Waals surface area contributed by atoms with Gasteiger partial charge in [0.05, 0.1) is 15.6 Å². The highest BCUT2D eigenvalue weighted by molar-refractivity contribution is 6.42. The third kappa shape index (κ3) is 9.13. The molecule has 2 rings (SSSR count). The second-order valence-corrected chi connectivity index (χ2v) is 9.45. The van der Waals surface area contributed by atoms with Gasteiger partial charge in [-0.05, 0) is 29.8 Å². The van der Waals surface area contributed by atoms with Crippen LogP contribution >= 0.6 is 23.2 Å². The van der Waals surface area contributed by atoms with Crippen LogP contribution in [0, 0.1) is 18.3 Å². The summed E-state index contributed by atoms with van der Waals surface area (Å²) in [6.45, 7) is -0.733. The van der Waals surface area contributed by atoms with Gasteiger partial charge in [-0.3, -0.25) is 9.59 Å². The Bertz CT molecular complexity index is 1390. The maximum absolute atomic E-state index is 15.0. The molecule has 0 aliphatic heterocycles. The average Bonchev–Trinajstić information content (AvgIpc) is 2.85. The van der Waals surface area contributed by atoms with E-state index < -0.39 is 83.1 Å². The Balaban J connectivity index is 2.48. The van der Waals surface area contributed by atoms with Crippen molar-refractivity contribution in [3.63, 3.8) is 0 Å². The van der Waals surface area contributed by atoms with Gasteiger partial charge in [0.1, 0.15) is 18.3 Å². The molecule has 2 aromatic carbocycles. The molecule has 2 aromatic rings. The SMILES string of the molecule is C#Cc1cc(C(/C=C(\F)c2ccc(C(=O)C[C@H](C)C(=O)NCC(F)(F)F)c(C(F)(F)F)c2)C(F)(F)F)cc(Cl)c1Cl. The van der Waals surface area contributed by atoms with Crippen molar-refractivity contribution in [3.8, 4) is 12.3 Å². The number of hydrogen-bond donors (Lipinski definition) is 1. The van der Waals surface area contributed by atoms with E-state index in [-0.39, 0.29) is 27.8 Å². The monoisotopic (exact) mass is 635 g/mol. The molecule has 0 fully saturated rings. The minimum absolute atomic E-state index is 0.0100. The second kappa shape index (κ2) is 12.7. The fourth-order valence-electron chi connectivity index (χ4n) is 3.53. The number of nitrogens with one attached hydrogen (secondary N) is 1. The van der Waals surface area contributed by atoms with Crippen molar-refractivity contribution in [1.29, 1.82) is 0 Å². The lowest BCUT2D eigenvalue weighted by molar-refractivity contribution is -0.140. The molecule has 1 amide bonds. The molecule has 0 aliphatic rings. The maximum Gasteiger partial charge on any atom is 0.417 e. The van der Waals surface area contributed by atoms with Crippen LogP contribution in [0.3, 0.4) is 0 Å². The van der Waals surface area contributed by atoms with E-state index in [1.54, 1.807) is 0 Å². The van der Waals surface area contributed by atoms with E-state index in [2.05, 4.69) is 0 Å². The van der Waals surface area contributed by atoms with Crippen LogP contribution in [0.5, 0.6) is 0 Å². The fourth-order valence-corrected chi connectivity index (χ4v) is 3.92. The molecule has 1 N–H and O–H groups in total. The van der Waals surface area contributed by atoms with Crippen LogP contribution in [0.1, 0.15) is 51.9 Å². The van der Waals surface area contributed by atoms with E-state index >= 15 is 4.39 Å². The Morgan fingerprint density at radius 1 is 1.02 bits per heavy atom. The van der Waals surface area contributed by atoms with Crippen LogP contribution in [0.2, 0.25) is 10.0 Å². The third-order valence-corrected chi connectivity index (χ3v) is 6.34. The second-order valence-electron chi connectivity index (χ2n) is 8.66. The Kier molecular flexibility index (Phi) is 10.5. The number of carbonyl (C=O) groups excluding carboxylic acids is 2. The predicted octanol–water partition coefficient (Wildman–Crippen LogP) is 8.54. The molecule has 0 aromatic heterocycles. The lowest BCUT2D eigenvalue weighted by Crippen LogP contribution is -2.37. The zero-order valence-electron chi connectivity index (χ0n) is 20.5. The summed E-state index contributed by atoms with van der Waals surface area (Å²) in [5, 5.41) is 0.861. The van der Waals surface area contributed by atoms with Crippen molar-refractivity contribution in [3.05, 3.63) is 74.3 Å². The van der Waals surface area contributed by atoms with Gasteiger partial charge < -0.3 is 5.32 Å². The Morgan fingerprint density at radius 2 is 1.63 bits per heavy atom. The third-order valence-electron chi connectivity index (χ3n) is 5.53. The van der Waals surface area contributed by atoms with Crippen molar-refractivity contribution >= 4 is 40.7 Å². The van der Waals surface area contributed by atoms with Crippen LogP contribution in [-0.4, -0.2) is 30.6 Å². The molecule has 0 saturated heterocycles. The quantitative estimate of drug-likeness (QED) is 0.179. The number of Topliss-reactive ketones (excluding diaryl/α,β-unsaturated/α-hetero) is 1. The molecule has 222 valence electrons. The number of ketones is 1. The summed E-state index contributed by atoms with van der Waals surface area (Å²) in [4.78, 5) is 24.3. The molecule has 0 heterocycles. The lowest BCUT2D eigenvalue weighted by Gasteiger charge is -2.19. The molecule has 2 atom stereocenters. The Morgan fingerprint density at radius 3 is 2.15 bits per heavy atom. The van der Waals surface area contributed by atoms with Gasteiger partial charge in [0.15, 0.2) is 5.78 Å². The first-order chi connectivity index (χ1) is 18.7. The summed E-state index contributed by atoms with van der Waals surface area (Å²) in [5.41, 5.74) is -4.69. The Hall–Kier alpha value is -3.24. The van der Waals surface area contributed by atoms with E-state index in [1.807, 2.05) is 5.92 Å². The zero-order chi connectivity index (χ0) is 31.5. The van der Waals surface area contributed by atoms with Gasteiger partial charge in [-0.2, -0.15) is 39.5 Å². The molecular weight excluding hydrogens is 619 g/mol. The number of terminal acetylenes is 1. The molecule has 0 aliphatic carbocycles. The first-order valence-electron chi connectivity index (χ1n) is 11.1. The maximum atomic E-state index is 15.0. The van der Waals surface area contributed by atoms with Crippen LogP contribution in [0.4, 0.5) is 43.9 Å². The Labute approximate surface area is 236 Å². The lowest BCUT2D eigenvalue weighted by atomic mass is 9.92. The van der Waals surface area contributed by atoms with Gasteiger partial charge in [0, 0.05) is 29.0 Å². The summed E-state index contributed by atoms with van der Waals surface area (Å²) in [6, 6.07) is 2.78. The number of halogens is 12. The molecule has 1 unspecified atom stereocenters. The molecule has 15 heteroatoms. The topological polar surface area (TPSA) is 46.2 Å². The first kappa shape index (κ1) is 34.0. The van der Waals surface area contributed by atoms with E-state index in [4.69, 9.17) is 29.6 Å². The number of hydrogen-bond acceptors (Lipinski definition) is 2. The number of benzene rings is 2. The van der Waals surface area contributed by atoms with Crippen LogP contribution < -0.4 is 5.32 Å². The minimum Gasteiger partial charge on any atom is -0.347 e. The van der Waals surface area contributed by atoms with Crippen molar-refractivity contribution in [2.24, 2.45) is 5.92 Å². The molecule has 3 nitrogen and oxygen atoms in total. The van der Waals surface area contributed by atoms with Crippen LogP contribution in [0.15, 0.2) is 36.4 Å². The number of alkyl halides is 9. The molecule has 0 saturated carbocycles. The molecule has 0 bridgehead atoms. The van der Waals surface area contributed by atoms with E-state index in [0.717, 1.165) is 19.1 Å². The molecular formula is C26H17Cl2F10NO2. The average molecular weight is 636 g/mol.